The van der Waals surface area contributed by atoms with Gasteiger partial charge in [-0.1, -0.05) is 30.3 Å². The maximum atomic E-state index is 13.8. The number of hydrogen-bond acceptors (Lipinski definition) is 6. The van der Waals surface area contributed by atoms with Crippen LogP contribution in [0.25, 0.3) is 0 Å². The van der Waals surface area contributed by atoms with Crippen molar-refractivity contribution in [3.05, 3.63) is 82.1 Å². The van der Waals surface area contributed by atoms with Crippen molar-refractivity contribution in [2.45, 2.75) is 44.7 Å². The highest BCUT2D eigenvalue weighted by molar-refractivity contribution is 7.09. The minimum atomic E-state index is -1.23. The van der Waals surface area contributed by atoms with Gasteiger partial charge in [0.1, 0.15) is 5.01 Å². The van der Waals surface area contributed by atoms with Crippen LogP contribution in [0.15, 0.2) is 60.2 Å². The zero-order valence-electron chi connectivity index (χ0n) is 18.9. The number of rotatable bonds is 7. The predicted octanol–water partition coefficient (Wildman–Crippen LogP) is 3.65. The molecule has 2 atom stereocenters. The average molecular weight is 463 g/mol. The Kier molecular flexibility index (Phi) is 6.37. The lowest BCUT2D eigenvalue weighted by Gasteiger charge is -2.31. The molecule has 1 aromatic carbocycles. The molecule has 3 aromatic rings. The van der Waals surface area contributed by atoms with E-state index in [0.29, 0.717) is 5.56 Å². The Balaban J connectivity index is 1.63. The number of likely N-dealkylation sites (tertiary alicyclic amines) is 1. The third kappa shape index (κ3) is 4.43. The van der Waals surface area contributed by atoms with Gasteiger partial charge in [-0.25, -0.2) is 4.98 Å². The minimum absolute atomic E-state index is 0.0365. The van der Waals surface area contributed by atoms with Crippen molar-refractivity contribution < 1.29 is 14.4 Å². The maximum Gasteiger partial charge on any atom is 0.241 e. The predicted molar refractivity (Wildman–Crippen MR) is 125 cm³/mol. The van der Waals surface area contributed by atoms with E-state index >= 15 is 0 Å². The Morgan fingerprint density at radius 1 is 1.18 bits per heavy atom. The molecule has 3 amide bonds. The van der Waals surface area contributed by atoms with Crippen molar-refractivity contribution in [3.8, 4) is 0 Å². The summed E-state index contributed by atoms with van der Waals surface area (Å²) in [6, 6.07) is 12.5. The highest BCUT2D eigenvalue weighted by Gasteiger charge is 2.54. The summed E-state index contributed by atoms with van der Waals surface area (Å²) in [6.45, 7) is 4.00. The van der Waals surface area contributed by atoms with Crippen molar-refractivity contribution >= 4 is 29.1 Å². The van der Waals surface area contributed by atoms with Crippen LogP contribution >= 0.6 is 11.3 Å². The van der Waals surface area contributed by atoms with Crippen LogP contribution in [0, 0.1) is 6.92 Å². The Hall–Kier alpha value is -3.39. The molecule has 0 spiro atoms. The molecule has 1 fully saturated rings. The first-order valence-corrected chi connectivity index (χ1v) is 11.7. The summed E-state index contributed by atoms with van der Waals surface area (Å²) in [4.78, 5) is 51.6. The molecule has 0 saturated carbocycles. The SMILES string of the molecule is Cc1csc([C@@H](C)N(C)C(=O)C[C@]2(c3ccccc3)CC(=O)N(Cc3ccncc3)C2=O)n1. The number of amides is 3. The van der Waals surface area contributed by atoms with Gasteiger partial charge in [-0.2, -0.15) is 0 Å². The summed E-state index contributed by atoms with van der Waals surface area (Å²) in [5.41, 5.74) is 1.17. The number of carbonyl (C=O) groups is 3. The normalized spacial score (nSPS) is 19.1. The molecule has 0 radical (unpaired) electrons. The number of aryl methyl sites for hydroxylation is 1. The van der Waals surface area contributed by atoms with Crippen LogP contribution in [0.1, 0.15) is 47.6 Å². The van der Waals surface area contributed by atoms with Crippen molar-refractivity contribution in [1.82, 2.24) is 19.8 Å². The number of benzene rings is 1. The van der Waals surface area contributed by atoms with E-state index in [1.165, 1.54) is 16.2 Å². The average Bonchev–Trinajstić information content (AvgIpc) is 3.36. The van der Waals surface area contributed by atoms with E-state index in [2.05, 4.69) is 9.97 Å². The fourth-order valence-electron chi connectivity index (χ4n) is 4.18. The number of carbonyl (C=O) groups excluding carboxylic acids is 3. The van der Waals surface area contributed by atoms with Gasteiger partial charge in [0.25, 0.3) is 0 Å². The van der Waals surface area contributed by atoms with Crippen molar-refractivity contribution in [3.63, 3.8) is 0 Å². The van der Waals surface area contributed by atoms with E-state index < -0.39 is 5.41 Å². The summed E-state index contributed by atoms with van der Waals surface area (Å²) in [5, 5.41) is 2.79. The summed E-state index contributed by atoms with van der Waals surface area (Å²) in [7, 11) is 1.72. The second-order valence-corrected chi connectivity index (χ2v) is 9.34. The molecule has 33 heavy (non-hydrogen) atoms. The third-order valence-electron chi connectivity index (χ3n) is 6.25. The first kappa shape index (κ1) is 22.8. The van der Waals surface area contributed by atoms with Gasteiger partial charge in [0, 0.05) is 43.4 Å². The molecule has 1 aliphatic heterocycles. The van der Waals surface area contributed by atoms with Gasteiger partial charge < -0.3 is 4.90 Å². The number of hydrogen-bond donors (Lipinski definition) is 0. The maximum absolute atomic E-state index is 13.8. The lowest BCUT2D eigenvalue weighted by Crippen LogP contribution is -2.43. The van der Waals surface area contributed by atoms with E-state index in [9.17, 15) is 14.4 Å². The second-order valence-electron chi connectivity index (χ2n) is 8.45. The number of imide groups is 1. The molecule has 0 bridgehead atoms. The van der Waals surface area contributed by atoms with Gasteiger partial charge in [-0.15, -0.1) is 11.3 Å². The van der Waals surface area contributed by atoms with E-state index in [1.807, 2.05) is 49.6 Å². The van der Waals surface area contributed by atoms with Crippen molar-refractivity contribution in [2.75, 3.05) is 7.05 Å². The van der Waals surface area contributed by atoms with Gasteiger partial charge in [-0.3, -0.25) is 24.3 Å². The summed E-state index contributed by atoms with van der Waals surface area (Å²) < 4.78 is 0. The van der Waals surface area contributed by atoms with Crippen LogP contribution in [0.4, 0.5) is 0 Å². The molecular weight excluding hydrogens is 436 g/mol. The van der Waals surface area contributed by atoms with Crippen LogP contribution in [-0.4, -0.2) is 44.5 Å². The van der Waals surface area contributed by atoms with E-state index in [-0.39, 0.29) is 43.1 Å². The molecule has 4 rings (SSSR count). The molecule has 0 N–H and O–H groups in total. The second kappa shape index (κ2) is 9.23. The molecule has 0 unspecified atom stereocenters. The minimum Gasteiger partial charge on any atom is -0.337 e. The first-order valence-electron chi connectivity index (χ1n) is 10.8. The molecule has 8 heteroatoms. The molecule has 1 aliphatic rings. The Morgan fingerprint density at radius 3 is 2.52 bits per heavy atom. The van der Waals surface area contributed by atoms with Gasteiger partial charge in [0.15, 0.2) is 0 Å². The van der Waals surface area contributed by atoms with Crippen LogP contribution < -0.4 is 0 Å². The zero-order chi connectivity index (χ0) is 23.6. The van der Waals surface area contributed by atoms with Crippen LogP contribution in [0.5, 0.6) is 0 Å². The van der Waals surface area contributed by atoms with E-state index in [4.69, 9.17) is 0 Å². The van der Waals surface area contributed by atoms with Gasteiger partial charge in [-0.05, 0) is 37.1 Å². The third-order valence-corrected chi connectivity index (χ3v) is 7.38. The highest BCUT2D eigenvalue weighted by atomic mass is 32.1. The Morgan fingerprint density at radius 2 is 1.88 bits per heavy atom. The topological polar surface area (TPSA) is 83.5 Å². The quantitative estimate of drug-likeness (QED) is 0.501. The first-order chi connectivity index (χ1) is 15.8. The standard InChI is InChI=1S/C25H26N4O3S/c1-17-16-33-23(27-17)18(2)28(3)21(30)13-25(20-7-5-4-6-8-20)14-22(31)29(24(25)32)15-19-9-11-26-12-10-19/h4-12,16,18H,13-15H2,1-3H3/t18-,25-/m1/s1. The molecule has 0 aliphatic carbocycles. The lowest BCUT2D eigenvalue weighted by molar-refractivity contribution is -0.143. The largest absolute Gasteiger partial charge is 0.337 e. The van der Waals surface area contributed by atoms with Gasteiger partial charge in [0.2, 0.25) is 17.7 Å². The van der Waals surface area contributed by atoms with Gasteiger partial charge in [0.05, 0.1) is 18.0 Å². The van der Waals surface area contributed by atoms with Crippen molar-refractivity contribution in [1.29, 1.82) is 0 Å². The highest BCUT2D eigenvalue weighted by Crippen LogP contribution is 2.41. The molecular formula is C25H26N4O3S. The Labute approximate surface area is 197 Å². The smallest absolute Gasteiger partial charge is 0.241 e. The van der Waals surface area contributed by atoms with E-state index in [1.54, 1.807) is 36.5 Å². The summed E-state index contributed by atoms with van der Waals surface area (Å²) in [5.74, 6) is -0.819. The van der Waals surface area contributed by atoms with Crippen molar-refractivity contribution in [2.24, 2.45) is 0 Å². The monoisotopic (exact) mass is 462 g/mol. The molecule has 7 nitrogen and oxygen atoms in total. The number of pyridine rings is 1. The van der Waals surface area contributed by atoms with Crippen LogP contribution in [0.2, 0.25) is 0 Å². The molecule has 3 heterocycles. The summed E-state index contributed by atoms with van der Waals surface area (Å²) >= 11 is 1.50. The fourth-order valence-corrected chi connectivity index (χ4v) is 5.08. The fraction of sp³-hybridized carbons (Fsp3) is 0.320. The molecule has 2 aromatic heterocycles. The van der Waals surface area contributed by atoms with Crippen LogP contribution in [-0.2, 0) is 26.3 Å². The van der Waals surface area contributed by atoms with E-state index in [0.717, 1.165) is 16.3 Å². The Bertz CT molecular complexity index is 1160. The lowest BCUT2D eigenvalue weighted by atomic mass is 9.75. The molecule has 1 saturated heterocycles. The number of thiazole rings is 1. The molecule has 170 valence electrons. The zero-order valence-corrected chi connectivity index (χ0v) is 19.7. The number of aromatic nitrogens is 2. The summed E-state index contributed by atoms with van der Waals surface area (Å²) in [6.07, 6.45) is 3.14. The van der Waals surface area contributed by atoms with Crippen LogP contribution in [0.3, 0.4) is 0 Å². The number of nitrogens with zero attached hydrogens (tertiary/aromatic N) is 4. The van der Waals surface area contributed by atoms with Gasteiger partial charge >= 0.3 is 0 Å².